The van der Waals surface area contributed by atoms with Crippen molar-refractivity contribution >= 4 is 37.6 Å². The van der Waals surface area contributed by atoms with E-state index in [1.807, 2.05) is 0 Å². The van der Waals surface area contributed by atoms with Crippen LogP contribution in [0.15, 0.2) is 28.7 Å². The molecule has 6 nitrogen and oxygen atoms in total. The second kappa shape index (κ2) is 8.44. The van der Waals surface area contributed by atoms with Crippen LogP contribution < -0.4 is 5.32 Å². The van der Waals surface area contributed by atoms with Crippen molar-refractivity contribution in [3.05, 3.63) is 34.3 Å². The maximum atomic E-state index is 12.2. The minimum atomic E-state index is -3.26. The number of hydrogen-bond donors (Lipinski definition) is 1. The molecule has 0 saturated heterocycles. The number of carbonyl (C=O) groups is 2. The molecule has 0 radical (unpaired) electrons. The predicted molar refractivity (Wildman–Crippen MR) is 90.5 cm³/mol. The molecule has 128 valence electrons. The van der Waals surface area contributed by atoms with E-state index in [4.69, 9.17) is 0 Å². The minimum Gasteiger partial charge on any atom is -0.469 e. The predicted octanol–water partition coefficient (Wildman–Crippen LogP) is 1.85. The summed E-state index contributed by atoms with van der Waals surface area (Å²) < 4.78 is 28.1. The average Bonchev–Trinajstić information content (AvgIpc) is 2.45. The van der Waals surface area contributed by atoms with Gasteiger partial charge in [-0.1, -0.05) is 35.0 Å². The van der Waals surface area contributed by atoms with Crippen LogP contribution in [0.3, 0.4) is 0 Å². The number of hydrogen-bond acceptors (Lipinski definition) is 5. The fourth-order valence-electron chi connectivity index (χ4n) is 2.04. The zero-order valence-electron chi connectivity index (χ0n) is 13.2. The van der Waals surface area contributed by atoms with Gasteiger partial charge in [0.25, 0.3) is 0 Å². The van der Waals surface area contributed by atoms with E-state index >= 15 is 0 Å². The summed E-state index contributed by atoms with van der Waals surface area (Å²) in [6, 6.07) is 6.57. The van der Waals surface area contributed by atoms with Crippen LogP contribution in [0.2, 0.25) is 0 Å². The first kappa shape index (κ1) is 19.6. The smallest absolute Gasteiger partial charge is 0.307 e. The summed E-state index contributed by atoms with van der Waals surface area (Å²) in [6.07, 6.45) is 1.05. The Morgan fingerprint density at radius 1 is 1.26 bits per heavy atom. The average molecular weight is 406 g/mol. The second-order valence-electron chi connectivity index (χ2n) is 5.39. The highest BCUT2D eigenvalue weighted by Gasteiger charge is 2.24. The molecule has 1 aromatic rings. The third-order valence-corrected chi connectivity index (χ3v) is 4.82. The Balaban J connectivity index is 2.90. The van der Waals surface area contributed by atoms with Crippen LogP contribution in [0, 0.1) is 5.92 Å². The topological polar surface area (TPSA) is 89.5 Å². The summed E-state index contributed by atoms with van der Waals surface area (Å²) in [7, 11) is -1.99. The van der Waals surface area contributed by atoms with Crippen LogP contribution in [-0.4, -0.2) is 39.4 Å². The fourth-order valence-corrected chi connectivity index (χ4v) is 3.37. The summed E-state index contributed by atoms with van der Waals surface area (Å²) >= 11 is 3.32. The number of benzene rings is 1. The van der Waals surface area contributed by atoms with Crippen LogP contribution in [-0.2, 0) is 24.2 Å². The monoisotopic (exact) mass is 405 g/mol. The summed E-state index contributed by atoms with van der Waals surface area (Å²) in [4.78, 5) is 23.8. The van der Waals surface area contributed by atoms with Crippen molar-refractivity contribution in [1.29, 1.82) is 0 Å². The van der Waals surface area contributed by atoms with Crippen LogP contribution in [0.4, 0.5) is 0 Å². The van der Waals surface area contributed by atoms with Crippen molar-refractivity contribution in [2.45, 2.75) is 19.4 Å². The van der Waals surface area contributed by atoms with Gasteiger partial charge in [0, 0.05) is 16.6 Å². The second-order valence-corrected chi connectivity index (χ2v) is 8.49. The molecular weight excluding hydrogens is 386 g/mol. The molecule has 0 aliphatic carbocycles. The largest absolute Gasteiger partial charge is 0.469 e. The number of methoxy groups -OCH3 is 1. The standard InChI is InChI=1S/C15H20BrNO5S/c1-10(9-23(3,20)21)15(19)17-13(8-14(18)22-2)11-4-6-12(16)7-5-11/h4-7,10,13H,8-9H2,1-3H3,(H,17,19)/t10-,13-/m1/s1. The number of esters is 1. The molecule has 0 unspecified atom stereocenters. The molecule has 0 aliphatic heterocycles. The molecule has 0 spiro atoms. The third-order valence-electron chi connectivity index (χ3n) is 3.19. The zero-order valence-corrected chi connectivity index (χ0v) is 15.6. The van der Waals surface area contributed by atoms with Gasteiger partial charge in [0.15, 0.2) is 0 Å². The van der Waals surface area contributed by atoms with Gasteiger partial charge in [-0.15, -0.1) is 0 Å². The first-order chi connectivity index (χ1) is 10.6. The Morgan fingerprint density at radius 2 is 1.83 bits per heavy atom. The van der Waals surface area contributed by atoms with Crippen molar-refractivity contribution < 1.29 is 22.7 Å². The Hall–Kier alpha value is -1.41. The van der Waals surface area contributed by atoms with E-state index in [9.17, 15) is 18.0 Å². The lowest BCUT2D eigenvalue weighted by Crippen LogP contribution is -2.36. The van der Waals surface area contributed by atoms with Gasteiger partial charge in [-0.05, 0) is 17.7 Å². The van der Waals surface area contributed by atoms with Gasteiger partial charge in [-0.25, -0.2) is 8.42 Å². The number of sulfone groups is 1. The van der Waals surface area contributed by atoms with E-state index in [1.165, 1.54) is 14.0 Å². The van der Waals surface area contributed by atoms with Gasteiger partial charge in [-0.2, -0.15) is 0 Å². The molecule has 23 heavy (non-hydrogen) atoms. The lowest BCUT2D eigenvalue weighted by Gasteiger charge is -2.20. The maximum absolute atomic E-state index is 12.2. The van der Waals surface area contributed by atoms with Gasteiger partial charge in [0.05, 0.1) is 25.3 Å². The Bertz CT molecular complexity index is 657. The van der Waals surface area contributed by atoms with E-state index in [1.54, 1.807) is 24.3 Å². The molecule has 8 heteroatoms. The van der Waals surface area contributed by atoms with E-state index < -0.39 is 33.7 Å². The summed E-state index contributed by atoms with van der Waals surface area (Å²) in [6.45, 7) is 1.53. The lowest BCUT2D eigenvalue weighted by atomic mass is 10.0. The van der Waals surface area contributed by atoms with Crippen molar-refractivity contribution in [3.8, 4) is 0 Å². The number of ether oxygens (including phenoxy) is 1. The van der Waals surface area contributed by atoms with Crippen LogP contribution in [0.1, 0.15) is 24.9 Å². The van der Waals surface area contributed by atoms with Crippen molar-refractivity contribution in [2.24, 2.45) is 5.92 Å². The van der Waals surface area contributed by atoms with Gasteiger partial charge in [0.2, 0.25) is 5.91 Å². The molecule has 1 rings (SSSR count). The van der Waals surface area contributed by atoms with Gasteiger partial charge in [0.1, 0.15) is 9.84 Å². The van der Waals surface area contributed by atoms with E-state index in [0.29, 0.717) is 0 Å². The molecule has 0 aromatic heterocycles. The molecule has 0 bridgehead atoms. The molecular formula is C15H20BrNO5S. The molecule has 2 atom stereocenters. The first-order valence-corrected chi connectivity index (χ1v) is 9.78. The molecule has 1 N–H and O–H groups in total. The summed E-state index contributed by atoms with van der Waals surface area (Å²) in [5, 5.41) is 2.72. The van der Waals surface area contributed by atoms with Gasteiger partial charge >= 0.3 is 5.97 Å². The van der Waals surface area contributed by atoms with Crippen LogP contribution in [0.5, 0.6) is 0 Å². The summed E-state index contributed by atoms with van der Waals surface area (Å²) in [5.41, 5.74) is 0.735. The number of amides is 1. The number of nitrogens with one attached hydrogen (secondary N) is 1. The highest BCUT2D eigenvalue weighted by molar-refractivity contribution is 9.10. The van der Waals surface area contributed by atoms with Crippen molar-refractivity contribution in [3.63, 3.8) is 0 Å². The molecule has 0 fully saturated rings. The van der Waals surface area contributed by atoms with Crippen LogP contribution >= 0.6 is 15.9 Å². The molecule has 0 aliphatic rings. The molecule has 0 heterocycles. The number of rotatable bonds is 7. The molecule has 1 aromatic carbocycles. The minimum absolute atomic E-state index is 0.0323. The third kappa shape index (κ3) is 7.13. The van der Waals surface area contributed by atoms with Crippen molar-refractivity contribution in [1.82, 2.24) is 5.32 Å². The summed E-state index contributed by atoms with van der Waals surface area (Å²) in [5.74, 6) is -1.84. The Kier molecular flexibility index (Phi) is 7.21. The van der Waals surface area contributed by atoms with Gasteiger partial charge in [-0.3, -0.25) is 9.59 Å². The fraction of sp³-hybridized carbons (Fsp3) is 0.467. The quantitative estimate of drug-likeness (QED) is 0.699. The van der Waals surface area contributed by atoms with E-state index in [2.05, 4.69) is 26.0 Å². The first-order valence-electron chi connectivity index (χ1n) is 6.92. The van der Waals surface area contributed by atoms with Crippen LogP contribution in [0.25, 0.3) is 0 Å². The number of halogens is 1. The Labute approximate surface area is 144 Å². The van der Waals surface area contributed by atoms with Crippen molar-refractivity contribution in [2.75, 3.05) is 19.1 Å². The molecule has 1 amide bonds. The lowest BCUT2D eigenvalue weighted by molar-refractivity contribution is -0.141. The zero-order chi connectivity index (χ0) is 17.6. The van der Waals surface area contributed by atoms with Gasteiger partial charge < -0.3 is 10.1 Å². The SMILES string of the molecule is COC(=O)C[C@@H](NC(=O)[C@H](C)CS(C)(=O)=O)c1ccc(Br)cc1. The molecule has 0 saturated carbocycles. The van der Waals surface area contributed by atoms with E-state index in [-0.39, 0.29) is 12.2 Å². The normalized spacial score (nSPS) is 13.9. The highest BCUT2D eigenvalue weighted by Crippen LogP contribution is 2.21. The highest BCUT2D eigenvalue weighted by atomic mass is 79.9. The maximum Gasteiger partial charge on any atom is 0.307 e. The Morgan fingerprint density at radius 3 is 2.30 bits per heavy atom. The van der Waals surface area contributed by atoms with E-state index in [0.717, 1.165) is 16.3 Å². The number of carbonyl (C=O) groups excluding carboxylic acids is 2.